The van der Waals surface area contributed by atoms with Gasteiger partial charge in [-0.05, 0) is 53.6 Å². The summed E-state index contributed by atoms with van der Waals surface area (Å²) in [4.78, 5) is 18.9. The summed E-state index contributed by atoms with van der Waals surface area (Å²) in [5, 5.41) is 3.45. The maximum Gasteiger partial charge on any atom is 0.418 e. The molecule has 0 bridgehead atoms. The fraction of sp³-hybridized carbons (Fsp3) is 0.241. The van der Waals surface area contributed by atoms with Gasteiger partial charge in [-0.15, -0.1) is 12.4 Å². The van der Waals surface area contributed by atoms with Crippen LogP contribution >= 0.6 is 24.0 Å². The largest absolute Gasteiger partial charge is 0.418 e. The number of hydrogen-bond acceptors (Lipinski definition) is 4. The zero-order chi connectivity index (χ0) is 27.4. The van der Waals surface area contributed by atoms with Gasteiger partial charge in [0.15, 0.2) is 0 Å². The van der Waals surface area contributed by atoms with E-state index in [1.807, 2.05) is 0 Å². The van der Waals surface area contributed by atoms with Crippen LogP contribution in [-0.2, 0) is 10.9 Å². The molecule has 1 saturated heterocycles. The van der Waals surface area contributed by atoms with Gasteiger partial charge in [-0.2, -0.15) is 13.2 Å². The second-order valence-corrected chi connectivity index (χ2v) is 9.56. The van der Waals surface area contributed by atoms with Crippen LogP contribution in [0, 0.1) is 0 Å². The Kier molecular flexibility index (Phi) is 9.52. The Labute approximate surface area is 241 Å². The number of hydrogen-bond donors (Lipinski definition) is 1. The summed E-state index contributed by atoms with van der Waals surface area (Å²) in [5.41, 5.74) is 1.98. The number of halogens is 5. The average Bonchev–Trinajstić information content (AvgIpc) is 3.39. The van der Waals surface area contributed by atoms with Crippen molar-refractivity contribution in [2.75, 3.05) is 39.4 Å². The van der Waals surface area contributed by atoms with Gasteiger partial charge in [0, 0.05) is 43.0 Å². The number of aromatic nitrogens is 2. The number of pyridine rings is 1. The molecule has 2 aromatic carbocycles. The van der Waals surface area contributed by atoms with Crippen LogP contribution in [0.5, 0.6) is 0 Å². The van der Waals surface area contributed by atoms with Gasteiger partial charge in [-0.3, -0.25) is 14.7 Å². The molecule has 3 heterocycles. The first-order chi connectivity index (χ1) is 18.8. The number of nitrogens with zero attached hydrogens (tertiary/aromatic N) is 3. The van der Waals surface area contributed by atoms with Gasteiger partial charge in [-0.25, -0.2) is 0 Å². The molecule has 40 heavy (non-hydrogen) atoms. The van der Waals surface area contributed by atoms with Gasteiger partial charge < -0.3 is 14.6 Å². The van der Waals surface area contributed by atoms with Crippen LogP contribution in [0.3, 0.4) is 0 Å². The lowest BCUT2D eigenvalue weighted by Crippen LogP contribution is -2.41. The van der Waals surface area contributed by atoms with E-state index in [1.54, 1.807) is 60.7 Å². The van der Waals surface area contributed by atoms with E-state index in [9.17, 15) is 18.0 Å². The molecule has 0 atom stereocenters. The lowest BCUT2D eigenvalue weighted by Gasteiger charge is -2.26. The summed E-state index contributed by atoms with van der Waals surface area (Å²) < 4.78 is 48.9. The van der Waals surface area contributed by atoms with Crippen LogP contribution in [0.2, 0.25) is 5.02 Å². The van der Waals surface area contributed by atoms with E-state index < -0.39 is 11.7 Å². The summed E-state index contributed by atoms with van der Waals surface area (Å²) in [7, 11) is 0. The molecular weight excluding hydrogens is 564 g/mol. The number of benzene rings is 2. The number of morpholine rings is 1. The van der Waals surface area contributed by atoms with E-state index in [4.69, 9.17) is 16.3 Å². The predicted octanol–water partition coefficient (Wildman–Crippen LogP) is 6.36. The Morgan fingerprint density at radius 2 is 1.52 bits per heavy atom. The normalized spacial score (nSPS) is 14.0. The van der Waals surface area contributed by atoms with Crippen molar-refractivity contribution < 1.29 is 22.7 Å². The lowest BCUT2D eigenvalue weighted by atomic mass is 10.1. The number of nitrogens with one attached hydrogen (secondary N) is 1. The van der Waals surface area contributed by atoms with E-state index in [0.717, 1.165) is 31.9 Å². The highest BCUT2D eigenvalue weighted by atomic mass is 35.5. The minimum Gasteiger partial charge on any atom is -0.379 e. The van der Waals surface area contributed by atoms with E-state index >= 15 is 0 Å². The number of rotatable bonds is 7. The van der Waals surface area contributed by atoms with Gasteiger partial charge in [0.2, 0.25) is 0 Å². The van der Waals surface area contributed by atoms with Crippen molar-refractivity contribution in [3.05, 3.63) is 95.3 Å². The second-order valence-electron chi connectivity index (χ2n) is 9.12. The number of ether oxygens (including phenoxy) is 1. The van der Waals surface area contributed by atoms with E-state index in [2.05, 4.69) is 15.2 Å². The Hall–Kier alpha value is -3.37. The topological polar surface area (TPSA) is 59.4 Å². The molecule has 0 spiro atoms. The molecular formula is C29H27Cl2F3N4O2. The first kappa shape index (κ1) is 29.6. The molecule has 2 aromatic heterocycles. The molecule has 5 rings (SSSR count). The van der Waals surface area contributed by atoms with Crippen molar-refractivity contribution in [2.24, 2.45) is 0 Å². The Morgan fingerprint density at radius 3 is 2.12 bits per heavy atom. The third-order valence-corrected chi connectivity index (χ3v) is 6.88. The lowest BCUT2D eigenvalue weighted by molar-refractivity contribution is -0.137. The van der Waals surface area contributed by atoms with Gasteiger partial charge in [0.05, 0.1) is 42.0 Å². The predicted molar refractivity (Wildman–Crippen MR) is 151 cm³/mol. The Bertz CT molecular complexity index is 1440. The van der Waals surface area contributed by atoms with E-state index in [0.29, 0.717) is 52.9 Å². The third kappa shape index (κ3) is 6.67. The molecule has 0 radical (unpaired) electrons. The summed E-state index contributed by atoms with van der Waals surface area (Å²) in [6.07, 6.45) is -2.24. The molecule has 0 unspecified atom stereocenters. The van der Waals surface area contributed by atoms with Crippen LogP contribution in [0.4, 0.5) is 13.2 Å². The molecule has 0 aliphatic carbocycles. The van der Waals surface area contributed by atoms with Crippen molar-refractivity contribution in [1.82, 2.24) is 19.8 Å². The summed E-state index contributed by atoms with van der Waals surface area (Å²) >= 11 is 6.05. The molecule has 1 fully saturated rings. The first-order valence-corrected chi connectivity index (χ1v) is 12.9. The van der Waals surface area contributed by atoms with Crippen LogP contribution in [0.1, 0.15) is 15.9 Å². The quantitative estimate of drug-likeness (QED) is 0.272. The molecule has 0 saturated carbocycles. The maximum absolute atomic E-state index is 14.0. The van der Waals surface area contributed by atoms with Crippen LogP contribution in [0.15, 0.2) is 79.1 Å². The molecule has 4 aromatic rings. The standard InChI is InChI=1S/C29H26ClF3N4O2.ClH/c30-23-7-5-21(6-8-23)26-10-9-25(37(26)27-19-34-12-11-24(27)29(31,32)33)20-1-3-22(4-2-20)28(38)35-13-14-36-15-17-39-18-16-36;/h1-12,19H,13-18H2,(H,35,38);1H. The number of carbonyl (C=O) groups is 1. The third-order valence-electron chi connectivity index (χ3n) is 6.63. The molecule has 6 nitrogen and oxygen atoms in total. The monoisotopic (exact) mass is 590 g/mol. The highest BCUT2D eigenvalue weighted by molar-refractivity contribution is 6.30. The second kappa shape index (κ2) is 12.9. The van der Waals surface area contributed by atoms with Crippen molar-refractivity contribution in [3.8, 4) is 28.2 Å². The fourth-order valence-electron chi connectivity index (χ4n) is 4.62. The summed E-state index contributed by atoms with van der Waals surface area (Å²) in [6.45, 7) is 4.32. The van der Waals surface area contributed by atoms with Crippen molar-refractivity contribution in [2.45, 2.75) is 6.18 Å². The van der Waals surface area contributed by atoms with Gasteiger partial charge in [0.1, 0.15) is 0 Å². The Balaban J connectivity index is 0.00000370. The highest BCUT2D eigenvalue weighted by Gasteiger charge is 2.35. The number of amides is 1. The molecule has 11 heteroatoms. The zero-order valence-corrected chi connectivity index (χ0v) is 22.9. The van der Waals surface area contributed by atoms with Crippen LogP contribution in [0.25, 0.3) is 28.2 Å². The van der Waals surface area contributed by atoms with Gasteiger partial charge >= 0.3 is 6.18 Å². The smallest absolute Gasteiger partial charge is 0.379 e. The number of alkyl halides is 3. The maximum atomic E-state index is 14.0. The highest BCUT2D eigenvalue weighted by Crippen LogP contribution is 2.39. The summed E-state index contributed by atoms with van der Waals surface area (Å²) in [5.74, 6) is -0.210. The van der Waals surface area contributed by atoms with E-state index in [1.165, 1.54) is 10.8 Å². The molecule has 1 N–H and O–H groups in total. The fourth-order valence-corrected chi connectivity index (χ4v) is 4.74. The molecule has 210 valence electrons. The first-order valence-electron chi connectivity index (χ1n) is 12.5. The minimum absolute atomic E-state index is 0. The van der Waals surface area contributed by atoms with Crippen molar-refractivity contribution in [1.29, 1.82) is 0 Å². The zero-order valence-electron chi connectivity index (χ0n) is 21.3. The van der Waals surface area contributed by atoms with Crippen LogP contribution in [-0.4, -0.2) is 59.8 Å². The minimum atomic E-state index is -4.58. The average molecular weight is 591 g/mol. The Morgan fingerprint density at radius 1 is 0.925 bits per heavy atom. The van der Waals surface area contributed by atoms with Gasteiger partial charge in [-0.1, -0.05) is 35.9 Å². The summed E-state index contributed by atoms with van der Waals surface area (Å²) in [6, 6.07) is 18.2. The molecule has 1 aliphatic rings. The number of carbonyl (C=O) groups excluding carboxylic acids is 1. The SMILES string of the molecule is Cl.O=C(NCCN1CCOCC1)c1ccc(-c2ccc(-c3ccc(Cl)cc3)n2-c2cnccc2C(F)(F)F)cc1. The van der Waals surface area contributed by atoms with Crippen molar-refractivity contribution >= 4 is 29.9 Å². The van der Waals surface area contributed by atoms with Crippen LogP contribution < -0.4 is 5.32 Å². The van der Waals surface area contributed by atoms with E-state index in [-0.39, 0.29) is 24.0 Å². The van der Waals surface area contributed by atoms with Gasteiger partial charge in [0.25, 0.3) is 5.91 Å². The molecule has 1 aliphatic heterocycles. The molecule has 1 amide bonds. The van der Waals surface area contributed by atoms with Crippen molar-refractivity contribution in [3.63, 3.8) is 0 Å².